The number of hydrogen-bond donors (Lipinski definition) is 2. The van der Waals surface area contributed by atoms with E-state index in [9.17, 15) is 22.4 Å². The van der Waals surface area contributed by atoms with Crippen molar-refractivity contribution in [2.75, 3.05) is 4.72 Å². The van der Waals surface area contributed by atoms with E-state index >= 15 is 0 Å². The summed E-state index contributed by atoms with van der Waals surface area (Å²) < 4.78 is 42.1. The van der Waals surface area contributed by atoms with E-state index in [4.69, 9.17) is 0 Å². The molecule has 2 aromatic heterocycles. The molecule has 0 atom stereocenters. The zero-order chi connectivity index (χ0) is 21.7. The number of nitrogens with zero attached hydrogens (tertiary/aromatic N) is 2. The van der Waals surface area contributed by atoms with E-state index in [1.54, 1.807) is 26.0 Å². The molecule has 2 N–H and O–H groups in total. The fraction of sp³-hybridized carbons (Fsp3) is 0.158. The third-order valence-electron chi connectivity index (χ3n) is 4.47. The Kier molecular flexibility index (Phi) is 4.66. The highest BCUT2D eigenvalue weighted by molar-refractivity contribution is 7.94. The molecule has 4 rings (SSSR count). The maximum Gasteiger partial charge on any atom is 0.274 e. The number of nitrogens with one attached hydrogen (secondary N) is 2. The molecule has 8 nitrogen and oxygen atoms in total. The van der Waals surface area contributed by atoms with Gasteiger partial charge in [-0.2, -0.15) is 0 Å². The molecule has 1 aromatic carbocycles. The van der Waals surface area contributed by atoms with Crippen molar-refractivity contribution in [3.8, 4) is 0 Å². The van der Waals surface area contributed by atoms with Crippen LogP contribution in [0.2, 0.25) is 0 Å². The highest BCUT2D eigenvalue weighted by Crippen LogP contribution is 2.36. The maximum atomic E-state index is 14.4. The van der Waals surface area contributed by atoms with Crippen LogP contribution in [0.25, 0.3) is 16.5 Å². The van der Waals surface area contributed by atoms with Gasteiger partial charge < -0.3 is 4.98 Å². The lowest BCUT2D eigenvalue weighted by Crippen LogP contribution is -2.21. The number of aromatic amines is 1. The van der Waals surface area contributed by atoms with Crippen LogP contribution >= 0.6 is 11.3 Å². The molecule has 1 aliphatic rings. The molecule has 1 aliphatic heterocycles. The molecular formula is C19H15FN4O4S2. The SMILES string of the molecule is CC1(C)C=C(c2ccc(S(=O)(=O)Nc3cc4c[nH]c(=O)cc4cc3F)s2)N=NC1=O. The van der Waals surface area contributed by atoms with E-state index in [1.807, 2.05) is 0 Å². The summed E-state index contributed by atoms with van der Waals surface area (Å²) in [6.45, 7) is 3.38. The Morgan fingerprint density at radius 1 is 1.10 bits per heavy atom. The van der Waals surface area contributed by atoms with Crippen molar-refractivity contribution in [2.24, 2.45) is 15.6 Å². The molecule has 30 heavy (non-hydrogen) atoms. The normalized spacial score (nSPS) is 16.0. The minimum absolute atomic E-state index is 0.0516. The summed E-state index contributed by atoms with van der Waals surface area (Å²) >= 11 is 0.925. The summed E-state index contributed by atoms with van der Waals surface area (Å²) in [6, 6.07) is 6.55. The quantitative estimate of drug-likeness (QED) is 0.631. The molecule has 3 aromatic rings. The predicted molar refractivity (Wildman–Crippen MR) is 111 cm³/mol. The zero-order valence-electron chi connectivity index (χ0n) is 15.8. The van der Waals surface area contributed by atoms with E-state index in [0.717, 1.165) is 17.4 Å². The minimum atomic E-state index is -4.08. The molecule has 0 bridgehead atoms. The van der Waals surface area contributed by atoms with E-state index in [-0.39, 0.29) is 21.4 Å². The van der Waals surface area contributed by atoms with Gasteiger partial charge in [0, 0.05) is 17.6 Å². The zero-order valence-corrected chi connectivity index (χ0v) is 17.4. The van der Waals surface area contributed by atoms with E-state index < -0.39 is 21.3 Å². The number of rotatable bonds is 4. The standard InChI is InChI=1S/C19H15FN4O4S2/c1-19(2)8-14(22-23-18(19)26)15-3-4-17(29-15)30(27,28)24-13-6-11-9-21-16(25)7-10(11)5-12(13)20/h3-9,24H,1-2H3,(H,21,25). The molecule has 0 saturated heterocycles. The van der Waals surface area contributed by atoms with Gasteiger partial charge in [-0.05, 0) is 49.6 Å². The van der Waals surface area contributed by atoms with Crippen LogP contribution in [0, 0.1) is 11.2 Å². The molecule has 0 saturated carbocycles. The van der Waals surface area contributed by atoms with Gasteiger partial charge in [0.2, 0.25) is 5.56 Å². The molecule has 1 amide bonds. The van der Waals surface area contributed by atoms with Gasteiger partial charge in [0.05, 0.1) is 16.0 Å². The van der Waals surface area contributed by atoms with Crippen LogP contribution in [0.3, 0.4) is 0 Å². The Bertz CT molecular complexity index is 1420. The van der Waals surface area contributed by atoms with Gasteiger partial charge in [-0.25, -0.2) is 12.8 Å². The fourth-order valence-corrected chi connectivity index (χ4v) is 5.16. The summed E-state index contributed by atoms with van der Waals surface area (Å²) in [6.07, 6.45) is 3.00. The third-order valence-corrected chi connectivity index (χ3v) is 7.43. The molecule has 3 heterocycles. The first-order valence-electron chi connectivity index (χ1n) is 8.69. The van der Waals surface area contributed by atoms with Crippen LogP contribution in [0.4, 0.5) is 10.1 Å². The number of aromatic nitrogens is 1. The number of thiophene rings is 1. The number of halogens is 1. The van der Waals surface area contributed by atoms with Crippen molar-refractivity contribution in [1.29, 1.82) is 0 Å². The number of H-pyrrole nitrogens is 1. The fourth-order valence-electron chi connectivity index (χ4n) is 2.84. The summed E-state index contributed by atoms with van der Waals surface area (Å²) in [4.78, 5) is 26.1. The summed E-state index contributed by atoms with van der Waals surface area (Å²) in [5.41, 5.74) is -1.08. The molecule has 0 unspecified atom stereocenters. The van der Waals surface area contributed by atoms with Crippen LogP contribution in [0.1, 0.15) is 18.7 Å². The molecule has 11 heteroatoms. The van der Waals surface area contributed by atoms with Crippen molar-refractivity contribution in [3.63, 3.8) is 0 Å². The molecule has 0 spiro atoms. The van der Waals surface area contributed by atoms with Crippen molar-refractivity contribution < 1.29 is 17.6 Å². The number of pyridine rings is 1. The van der Waals surface area contributed by atoms with Crippen LogP contribution in [0.15, 0.2) is 61.8 Å². The second kappa shape index (κ2) is 6.96. The largest absolute Gasteiger partial charge is 0.328 e. The third kappa shape index (κ3) is 3.68. The van der Waals surface area contributed by atoms with Crippen LogP contribution in [0.5, 0.6) is 0 Å². The van der Waals surface area contributed by atoms with Gasteiger partial charge in [-0.1, -0.05) is 0 Å². The number of hydrogen-bond acceptors (Lipinski definition) is 6. The smallest absolute Gasteiger partial charge is 0.274 e. The number of azo groups is 1. The number of benzene rings is 1. The number of carbonyl (C=O) groups excluding carboxylic acids is 1. The first-order valence-corrected chi connectivity index (χ1v) is 11.0. The number of sulfonamides is 1. The number of carbonyl (C=O) groups is 1. The van der Waals surface area contributed by atoms with Crippen molar-refractivity contribution >= 4 is 49.4 Å². The Morgan fingerprint density at radius 2 is 1.87 bits per heavy atom. The lowest BCUT2D eigenvalue weighted by molar-refractivity contribution is -0.124. The first-order chi connectivity index (χ1) is 14.0. The van der Waals surface area contributed by atoms with Gasteiger partial charge in [0.1, 0.15) is 15.7 Å². The van der Waals surface area contributed by atoms with Gasteiger partial charge in [0.25, 0.3) is 15.9 Å². The highest BCUT2D eigenvalue weighted by atomic mass is 32.2. The molecule has 0 aliphatic carbocycles. The van der Waals surface area contributed by atoms with Gasteiger partial charge in [-0.15, -0.1) is 21.6 Å². The Morgan fingerprint density at radius 3 is 2.60 bits per heavy atom. The second-order valence-corrected chi connectivity index (χ2v) is 10.2. The molecular weight excluding hydrogens is 431 g/mol. The topological polar surface area (TPSA) is 121 Å². The van der Waals surface area contributed by atoms with E-state index in [1.165, 1.54) is 24.4 Å². The van der Waals surface area contributed by atoms with E-state index in [0.29, 0.717) is 21.3 Å². The van der Waals surface area contributed by atoms with Crippen LogP contribution < -0.4 is 10.3 Å². The predicted octanol–water partition coefficient (Wildman–Crippen LogP) is 3.89. The lowest BCUT2D eigenvalue weighted by Gasteiger charge is -2.18. The molecule has 0 fully saturated rings. The molecule has 154 valence electrons. The highest BCUT2D eigenvalue weighted by Gasteiger charge is 2.30. The Labute approximate surface area is 174 Å². The summed E-state index contributed by atoms with van der Waals surface area (Å²) in [7, 11) is -4.08. The monoisotopic (exact) mass is 446 g/mol. The van der Waals surface area contributed by atoms with Gasteiger partial charge in [0.15, 0.2) is 0 Å². The average Bonchev–Trinajstić information content (AvgIpc) is 3.16. The van der Waals surface area contributed by atoms with Gasteiger partial charge in [-0.3, -0.25) is 14.3 Å². The number of fused-ring (bicyclic) bond motifs is 1. The van der Waals surface area contributed by atoms with Crippen molar-refractivity contribution in [1.82, 2.24) is 4.98 Å². The minimum Gasteiger partial charge on any atom is -0.328 e. The Balaban J connectivity index is 1.66. The van der Waals surface area contributed by atoms with Crippen LogP contribution in [-0.2, 0) is 14.8 Å². The number of amides is 1. The van der Waals surface area contributed by atoms with Crippen molar-refractivity contribution in [3.05, 3.63) is 63.7 Å². The number of anilines is 1. The second-order valence-electron chi connectivity index (χ2n) is 7.24. The van der Waals surface area contributed by atoms with E-state index in [2.05, 4.69) is 19.9 Å². The molecule has 0 radical (unpaired) electrons. The van der Waals surface area contributed by atoms with Crippen LogP contribution in [-0.4, -0.2) is 19.3 Å². The lowest BCUT2D eigenvalue weighted by atomic mass is 9.90. The summed E-state index contributed by atoms with van der Waals surface area (Å²) in [5.74, 6) is -1.19. The summed E-state index contributed by atoms with van der Waals surface area (Å²) in [5, 5.41) is 8.29. The average molecular weight is 446 g/mol. The first kappa shape index (κ1) is 20.1. The van der Waals surface area contributed by atoms with Gasteiger partial charge >= 0.3 is 0 Å². The maximum absolute atomic E-state index is 14.4. The van der Waals surface area contributed by atoms with Crippen molar-refractivity contribution in [2.45, 2.75) is 18.1 Å². The Hall–Kier alpha value is -3.18.